The zero-order valence-corrected chi connectivity index (χ0v) is 16.9. The molecule has 0 radical (unpaired) electrons. The fourth-order valence-electron chi connectivity index (χ4n) is 3.80. The van der Waals surface area contributed by atoms with Gasteiger partial charge in [0.1, 0.15) is 17.2 Å². The van der Waals surface area contributed by atoms with Crippen LogP contribution in [-0.2, 0) is 0 Å². The number of benzene rings is 2. The van der Waals surface area contributed by atoms with Crippen molar-refractivity contribution in [1.29, 1.82) is 0 Å². The number of nitrogens with one attached hydrogen (secondary N) is 1. The SMILES string of the molecule is Cc1cc(C)n2c(Nc3c(C)cccc3C)c(-c3ccccc3[N+](=O)[O-])nc2c1. The highest BCUT2D eigenvalue weighted by molar-refractivity contribution is 5.85. The van der Waals surface area contributed by atoms with Gasteiger partial charge in [-0.1, -0.05) is 30.3 Å². The highest BCUT2D eigenvalue weighted by atomic mass is 16.6. The molecule has 0 fully saturated rings. The number of fused-ring (bicyclic) bond motifs is 1. The molecule has 2 heterocycles. The molecule has 0 aliphatic carbocycles. The van der Waals surface area contributed by atoms with E-state index in [2.05, 4.69) is 11.4 Å². The van der Waals surface area contributed by atoms with E-state index in [1.807, 2.05) is 56.4 Å². The van der Waals surface area contributed by atoms with Crippen molar-refractivity contribution in [3.05, 3.63) is 87.1 Å². The van der Waals surface area contributed by atoms with E-state index in [9.17, 15) is 10.1 Å². The van der Waals surface area contributed by atoms with Crippen molar-refractivity contribution in [2.75, 3.05) is 5.32 Å². The van der Waals surface area contributed by atoms with Crippen LogP contribution in [0.5, 0.6) is 0 Å². The van der Waals surface area contributed by atoms with E-state index in [0.29, 0.717) is 11.3 Å². The average Bonchev–Trinajstić information content (AvgIpc) is 3.03. The Morgan fingerprint density at radius 2 is 1.66 bits per heavy atom. The predicted octanol–water partition coefficient (Wildman–Crippen LogP) is 5.89. The number of nitro groups is 1. The molecule has 0 unspecified atom stereocenters. The minimum atomic E-state index is -0.361. The van der Waals surface area contributed by atoms with Gasteiger partial charge in [0.2, 0.25) is 0 Å². The van der Waals surface area contributed by atoms with Crippen LogP contribution in [0.15, 0.2) is 54.6 Å². The number of nitrogens with zero attached hydrogens (tertiary/aromatic N) is 3. The summed E-state index contributed by atoms with van der Waals surface area (Å²) in [5.41, 5.74) is 7.12. The minimum Gasteiger partial charge on any atom is -0.339 e. The topological polar surface area (TPSA) is 72.5 Å². The molecule has 0 amide bonds. The van der Waals surface area contributed by atoms with Crippen molar-refractivity contribution in [2.45, 2.75) is 27.7 Å². The van der Waals surface area contributed by atoms with Gasteiger partial charge in [-0.15, -0.1) is 0 Å². The van der Waals surface area contributed by atoms with Gasteiger partial charge in [0.25, 0.3) is 5.69 Å². The van der Waals surface area contributed by atoms with Gasteiger partial charge in [-0.25, -0.2) is 4.98 Å². The number of para-hydroxylation sites is 2. The van der Waals surface area contributed by atoms with Crippen LogP contribution >= 0.6 is 0 Å². The molecule has 0 aliphatic heterocycles. The second-order valence-electron chi connectivity index (χ2n) is 7.34. The molecule has 2 aromatic heterocycles. The fraction of sp³-hybridized carbons (Fsp3) is 0.174. The van der Waals surface area contributed by atoms with Gasteiger partial charge in [-0.05, 0) is 62.6 Å². The smallest absolute Gasteiger partial charge is 0.278 e. The first-order valence-corrected chi connectivity index (χ1v) is 9.43. The van der Waals surface area contributed by atoms with E-state index >= 15 is 0 Å². The van der Waals surface area contributed by atoms with Gasteiger partial charge in [0, 0.05) is 17.4 Å². The van der Waals surface area contributed by atoms with E-state index in [0.717, 1.165) is 39.5 Å². The highest BCUT2D eigenvalue weighted by Gasteiger charge is 2.23. The number of pyridine rings is 1. The summed E-state index contributed by atoms with van der Waals surface area (Å²) < 4.78 is 2.02. The first kappa shape index (κ1) is 18.7. The number of hydrogen-bond acceptors (Lipinski definition) is 4. The van der Waals surface area contributed by atoms with Gasteiger partial charge in [0.15, 0.2) is 0 Å². The van der Waals surface area contributed by atoms with E-state index in [-0.39, 0.29) is 10.6 Å². The molecule has 0 atom stereocenters. The zero-order chi connectivity index (χ0) is 20.7. The molecule has 146 valence electrons. The summed E-state index contributed by atoms with van der Waals surface area (Å²) in [5.74, 6) is 0.726. The first-order valence-electron chi connectivity index (χ1n) is 9.43. The zero-order valence-electron chi connectivity index (χ0n) is 16.9. The quantitative estimate of drug-likeness (QED) is 0.351. The van der Waals surface area contributed by atoms with Crippen molar-refractivity contribution in [3.63, 3.8) is 0 Å². The van der Waals surface area contributed by atoms with Crippen LogP contribution in [0.1, 0.15) is 22.4 Å². The van der Waals surface area contributed by atoms with Crippen molar-refractivity contribution in [3.8, 4) is 11.3 Å². The van der Waals surface area contributed by atoms with Crippen LogP contribution in [0.2, 0.25) is 0 Å². The Bertz CT molecular complexity index is 1240. The van der Waals surface area contributed by atoms with E-state index < -0.39 is 0 Å². The summed E-state index contributed by atoms with van der Waals surface area (Å²) in [6.45, 7) is 8.12. The third-order valence-electron chi connectivity index (χ3n) is 5.13. The minimum absolute atomic E-state index is 0.0369. The maximum atomic E-state index is 11.7. The molecule has 4 aromatic rings. The third-order valence-corrected chi connectivity index (χ3v) is 5.13. The maximum Gasteiger partial charge on any atom is 0.278 e. The third kappa shape index (κ3) is 3.23. The fourth-order valence-corrected chi connectivity index (χ4v) is 3.80. The number of anilines is 2. The van der Waals surface area contributed by atoms with Gasteiger partial charge < -0.3 is 5.32 Å². The molecule has 4 rings (SSSR count). The molecular weight excluding hydrogens is 364 g/mol. The standard InChI is InChI=1S/C23H22N4O2/c1-14-12-17(4)26-20(13-14)24-22(18-10-5-6-11-19(18)27(28)29)23(26)25-21-15(2)8-7-9-16(21)3/h5-13,25H,1-4H3. The van der Waals surface area contributed by atoms with E-state index in [4.69, 9.17) is 4.98 Å². The molecule has 6 heteroatoms. The average molecular weight is 386 g/mol. The number of rotatable bonds is 4. The van der Waals surface area contributed by atoms with Crippen molar-refractivity contribution in [2.24, 2.45) is 0 Å². The number of imidazole rings is 1. The highest BCUT2D eigenvalue weighted by Crippen LogP contribution is 2.38. The van der Waals surface area contributed by atoms with Crippen LogP contribution in [0, 0.1) is 37.8 Å². The molecule has 2 aromatic carbocycles. The number of hydrogen-bond donors (Lipinski definition) is 1. The van der Waals surface area contributed by atoms with E-state index in [1.54, 1.807) is 18.2 Å². The maximum absolute atomic E-state index is 11.7. The van der Waals surface area contributed by atoms with Crippen LogP contribution in [0.25, 0.3) is 16.9 Å². The molecule has 0 saturated heterocycles. The Hall–Kier alpha value is -3.67. The van der Waals surface area contributed by atoms with Crippen LogP contribution in [0.3, 0.4) is 0 Å². The Morgan fingerprint density at radius 1 is 0.966 bits per heavy atom. The Labute approximate surface area is 169 Å². The molecule has 6 nitrogen and oxygen atoms in total. The van der Waals surface area contributed by atoms with Crippen molar-refractivity contribution in [1.82, 2.24) is 9.38 Å². The molecular formula is C23H22N4O2. The normalized spacial score (nSPS) is 11.0. The number of aromatic nitrogens is 2. The lowest BCUT2D eigenvalue weighted by Crippen LogP contribution is -2.03. The Morgan fingerprint density at radius 3 is 2.34 bits per heavy atom. The summed E-state index contributed by atoms with van der Waals surface area (Å²) >= 11 is 0. The molecule has 0 spiro atoms. The Kier molecular flexibility index (Phi) is 4.54. The van der Waals surface area contributed by atoms with Crippen molar-refractivity contribution >= 4 is 22.8 Å². The number of aryl methyl sites for hydroxylation is 4. The second-order valence-corrected chi connectivity index (χ2v) is 7.34. The molecule has 29 heavy (non-hydrogen) atoms. The summed E-state index contributed by atoms with van der Waals surface area (Å²) in [6, 6.07) is 16.9. The van der Waals surface area contributed by atoms with Gasteiger partial charge in [-0.2, -0.15) is 0 Å². The first-order chi connectivity index (χ1) is 13.9. The monoisotopic (exact) mass is 386 g/mol. The summed E-state index contributed by atoms with van der Waals surface area (Å²) in [6.07, 6.45) is 0. The molecule has 1 N–H and O–H groups in total. The van der Waals surface area contributed by atoms with Gasteiger partial charge >= 0.3 is 0 Å². The molecule has 0 aliphatic rings. The van der Waals surface area contributed by atoms with Crippen LogP contribution in [-0.4, -0.2) is 14.3 Å². The van der Waals surface area contributed by atoms with Gasteiger partial charge in [0.05, 0.1) is 10.5 Å². The lowest BCUT2D eigenvalue weighted by Gasteiger charge is -2.15. The second kappa shape index (κ2) is 7.05. The van der Waals surface area contributed by atoms with Crippen LogP contribution in [0.4, 0.5) is 17.2 Å². The largest absolute Gasteiger partial charge is 0.339 e. The summed E-state index contributed by atoms with van der Waals surface area (Å²) in [7, 11) is 0. The predicted molar refractivity (Wildman–Crippen MR) is 116 cm³/mol. The van der Waals surface area contributed by atoms with Crippen molar-refractivity contribution < 1.29 is 4.92 Å². The summed E-state index contributed by atoms with van der Waals surface area (Å²) in [5, 5.41) is 15.2. The van der Waals surface area contributed by atoms with E-state index in [1.165, 1.54) is 6.07 Å². The van der Waals surface area contributed by atoms with Crippen LogP contribution < -0.4 is 5.32 Å². The molecule has 0 saturated carbocycles. The summed E-state index contributed by atoms with van der Waals surface area (Å²) in [4.78, 5) is 16.1. The molecule has 0 bridgehead atoms. The lowest BCUT2D eigenvalue weighted by molar-refractivity contribution is -0.384. The Balaban J connectivity index is 2.04. The van der Waals surface area contributed by atoms with Gasteiger partial charge in [-0.3, -0.25) is 14.5 Å². The lowest BCUT2D eigenvalue weighted by atomic mass is 10.1. The number of nitro benzene ring substituents is 1.